The fourth-order valence-electron chi connectivity index (χ4n) is 1.59. The van der Waals surface area contributed by atoms with Crippen LogP contribution in [0.1, 0.15) is 11.3 Å². The van der Waals surface area contributed by atoms with E-state index in [1.807, 2.05) is 30.3 Å². The highest BCUT2D eigenvalue weighted by molar-refractivity contribution is 5.19. The molecule has 0 aliphatic heterocycles. The summed E-state index contributed by atoms with van der Waals surface area (Å²) in [7, 11) is 1.48. The van der Waals surface area contributed by atoms with Crippen molar-refractivity contribution in [3.63, 3.8) is 0 Å². The highest BCUT2D eigenvalue weighted by Gasteiger charge is 2.12. The number of oxazole rings is 1. The molecule has 0 aliphatic rings. The number of benzene rings is 1. The van der Waals surface area contributed by atoms with Gasteiger partial charge in [-0.2, -0.15) is 0 Å². The first-order valence-corrected chi connectivity index (χ1v) is 5.00. The summed E-state index contributed by atoms with van der Waals surface area (Å²) in [6.07, 6.45) is 0. The molecule has 0 saturated heterocycles. The van der Waals surface area contributed by atoms with Gasteiger partial charge in [-0.1, -0.05) is 30.3 Å². The van der Waals surface area contributed by atoms with Crippen LogP contribution in [0.25, 0.3) is 0 Å². The Morgan fingerprint density at radius 1 is 1.31 bits per heavy atom. The van der Waals surface area contributed by atoms with E-state index in [0.29, 0.717) is 12.2 Å². The second kappa shape index (κ2) is 4.26. The average Bonchev–Trinajstić information content (AvgIpc) is 2.58. The third kappa shape index (κ3) is 1.86. The zero-order valence-corrected chi connectivity index (χ0v) is 9.27. The van der Waals surface area contributed by atoms with Gasteiger partial charge in [-0.3, -0.25) is 4.57 Å². The zero-order chi connectivity index (χ0) is 11.5. The van der Waals surface area contributed by atoms with Gasteiger partial charge in [0.2, 0.25) is 0 Å². The molecule has 1 aromatic carbocycles. The maximum absolute atomic E-state index is 11.5. The topological polar surface area (TPSA) is 44.4 Å². The van der Waals surface area contributed by atoms with Gasteiger partial charge in [0, 0.05) is 0 Å². The number of ether oxygens (including phenoxy) is 1. The summed E-state index contributed by atoms with van der Waals surface area (Å²) in [6, 6.07) is 9.74. The monoisotopic (exact) mass is 219 g/mol. The van der Waals surface area contributed by atoms with Gasteiger partial charge >= 0.3 is 11.7 Å². The molecule has 0 spiro atoms. The standard InChI is InChI=1S/C12H13NO3/c1-9-11(15-2)16-12(14)13(9)8-10-6-4-3-5-7-10/h3-7H,8H2,1-2H3. The van der Waals surface area contributed by atoms with Crippen molar-refractivity contribution in [2.45, 2.75) is 13.5 Å². The van der Waals surface area contributed by atoms with Gasteiger partial charge in [0.1, 0.15) is 5.69 Å². The minimum absolute atomic E-state index is 0.279. The van der Waals surface area contributed by atoms with Crippen LogP contribution < -0.4 is 10.5 Å². The van der Waals surface area contributed by atoms with E-state index in [2.05, 4.69) is 0 Å². The Bertz CT molecular complexity index is 525. The van der Waals surface area contributed by atoms with Crippen molar-refractivity contribution >= 4 is 0 Å². The van der Waals surface area contributed by atoms with Crippen LogP contribution in [-0.2, 0) is 6.54 Å². The van der Waals surface area contributed by atoms with E-state index < -0.39 is 5.76 Å². The van der Waals surface area contributed by atoms with E-state index in [4.69, 9.17) is 9.15 Å². The average molecular weight is 219 g/mol. The molecule has 0 fully saturated rings. The van der Waals surface area contributed by atoms with Crippen LogP contribution in [0.15, 0.2) is 39.5 Å². The summed E-state index contributed by atoms with van der Waals surface area (Å²) in [5, 5.41) is 0. The van der Waals surface area contributed by atoms with Crippen LogP contribution in [0.2, 0.25) is 0 Å². The molecule has 84 valence electrons. The molecule has 0 bridgehead atoms. The lowest BCUT2D eigenvalue weighted by Gasteiger charge is -2.02. The fraction of sp³-hybridized carbons (Fsp3) is 0.250. The smallest absolute Gasteiger partial charge is 0.422 e. The van der Waals surface area contributed by atoms with Crippen molar-refractivity contribution in [2.75, 3.05) is 7.11 Å². The zero-order valence-electron chi connectivity index (χ0n) is 9.27. The van der Waals surface area contributed by atoms with Gasteiger partial charge in [0.05, 0.1) is 13.7 Å². The second-order valence-corrected chi connectivity index (χ2v) is 3.52. The third-order valence-corrected chi connectivity index (χ3v) is 2.47. The Labute approximate surface area is 93.1 Å². The molecule has 0 atom stereocenters. The maximum atomic E-state index is 11.5. The Balaban J connectivity index is 2.35. The first-order chi connectivity index (χ1) is 7.72. The normalized spacial score (nSPS) is 10.4. The van der Waals surface area contributed by atoms with E-state index in [0.717, 1.165) is 5.56 Å². The minimum Gasteiger partial charge on any atom is -0.467 e. The van der Waals surface area contributed by atoms with E-state index in [1.165, 1.54) is 7.11 Å². The lowest BCUT2D eigenvalue weighted by atomic mass is 10.2. The molecule has 0 radical (unpaired) electrons. The maximum Gasteiger partial charge on any atom is 0.422 e. The molecule has 2 aromatic rings. The summed E-state index contributed by atoms with van der Waals surface area (Å²) in [5.74, 6) is -0.112. The number of aromatic nitrogens is 1. The SMILES string of the molecule is COc1oc(=O)n(Cc2ccccc2)c1C. The molecule has 2 rings (SSSR count). The van der Waals surface area contributed by atoms with Crippen LogP contribution in [-0.4, -0.2) is 11.7 Å². The minimum atomic E-state index is -0.391. The van der Waals surface area contributed by atoms with Crippen molar-refractivity contribution in [1.29, 1.82) is 0 Å². The molecular formula is C12H13NO3. The molecular weight excluding hydrogens is 206 g/mol. The second-order valence-electron chi connectivity index (χ2n) is 3.52. The van der Waals surface area contributed by atoms with Gasteiger partial charge in [0.15, 0.2) is 0 Å². The van der Waals surface area contributed by atoms with Gasteiger partial charge in [-0.25, -0.2) is 4.79 Å². The Morgan fingerprint density at radius 3 is 2.56 bits per heavy atom. The van der Waals surface area contributed by atoms with Crippen LogP contribution in [0.3, 0.4) is 0 Å². The van der Waals surface area contributed by atoms with Gasteiger partial charge in [-0.15, -0.1) is 0 Å². The quantitative estimate of drug-likeness (QED) is 0.790. The van der Waals surface area contributed by atoms with Crippen molar-refractivity contribution in [1.82, 2.24) is 4.57 Å². The largest absolute Gasteiger partial charge is 0.467 e. The predicted octanol–water partition coefficient (Wildman–Crippen LogP) is 1.81. The number of methoxy groups -OCH3 is 1. The molecule has 16 heavy (non-hydrogen) atoms. The summed E-state index contributed by atoms with van der Waals surface area (Å²) < 4.78 is 11.5. The van der Waals surface area contributed by atoms with E-state index >= 15 is 0 Å². The van der Waals surface area contributed by atoms with Gasteiger partial charge in [-0.05, 0) is 12.5 Å². The first-order valence-electron chi connectivity index (χ1n) is 5.00. The molecule has 0 saturated carbocycles. The highest BCUT2D eigenvalue weighted by atomic mass is 16.6. The Kier molecular flexibility index (Phi) is 2.81. The number of nitrogens with zero attached hydrogens (tertiary/aromatic N) is 1. The lowest BCUT2D eigenvalue weighted by Crippen LogP contribution is -2.16. The van der Waals surface area contributed by atoms with E-state index in [9.17, 15) is 4.79 Å². The Morgan fingerprint density at radius 2 is 2.00 bits per heavy atom. The molecule has 4 nitrogen and oxygen atoms in total. The van der Waals surface area contributed by atoms with Crippen molar-refractivity contribution < 1.29 is 9.15 Å². The van der Waals surface area contributed by atoms with Crippen LogP contribution >= 0.6 is 0 Å². The van der Waals surface area contributed by atoms with E-state index in [1.54, 1.807) is 11.5 Å². The molecule has 1 heterocycles. The van der Waals surface area contributed by atoms with Gasteiger partial charge < -0.3 is 9.15 Å². The lowest BCUT2D eigenvalue weighted by molar-refractivity contribution is 0.291. The summed E-state index contributed by atoms with van der Waals surface area (Å²) in [5.41, 5.74) is 1.76. The highest BCUT2D eigenvalue weighted by Crippen LogP contribution is 2.15. The van der Waals surface area contributed by atoms with Crippen molar-refractivity contribution in [2.24, 2.45) is 0 Å². The molecule has 0 N–H and O–H groups in total. The molecule has 0 unspecified atom stereocenters. The number of hydrogen-bond donors (Lipinski definition) is 0. The van der Waals surface area contributed by atoms with Gasteiger partial charge in [0.25, 0.3) is 0 Å². The number of hydrogen-bond acceptors (Lipinski definition) is 3. The fourth-order valence-corrected chi connectivity index (χ4v) is 1.59. The van der Waals surface area contributed by atoms with Crippen LogP contribution in [0.5, 0.6) is 5.95 Å². The molecule has 0 aliphatic carbocycles. The Hall–Kier alpha value is -1.97. The molecule has 4 heteroatoms. The summed E-state index contributed by atoms with van der Waals surface area (Å²) in [4.78, 5) is 11.5. The summed E-state index contributed by atoms with van der Waals surface area (Å²) in [6.45, 7) is 2.30. The third-order valence-electron chi connectivity index (χ3n) is 2.47. The van der Waals surface area contributed by atoms with Crippen LogP contribution in [0, 0.1) is 6.92 Å². The van der Waals surface area contributed by atoms with E-state index in [-0.39, 0.29) is 5.95 Å². The molecule has 0 amide bonds. The number of rotatable bonds is 3. The molecule has 1 aromatic heterocycles. The first kappa shape index (κ1) is 10.5. The van der Waals surface area contributed by atoms with Crippen molar-refractivity contribution in [3.8, 4) is 5.95 Å². The summed E-state index contributed by atoms with van der Waals surface area (Å²) >= 11 is 0. The van der Waals surface area contributed by atoms with Crippen molar-refractivity contribution in [3.05, 3.63) is 52.1 Å². The predicted molar refractivity (Wildman–Crippen MR) is 59.8 cm³/mol. The van der Waals surface area contributed by atoms with Crippen LogP contribution in [0.4, 0.5) is 0 Å².